The minimum atomic E-state index is -3.92. The minimum Gasteiger partial charge on any atom is -0.445 e. The van der Waals surface area contributed by atoms with Crippen LogP contribution in [0, 0.1) is 5.82 Å². The molecule has 2 N–H and O–H groups in total. The number of benzene rings is 1. The molecule has 8 heteroatoms. The number of rotatable bonds is 4. The zero-order chi connectivity index (χ0) is 14.0. The van der Waals surface area contributed by atoms with Crippen molar-refractivity contribution >= 4 is 31.6 Å². The Morgan fingerprint density at radius 2 is 2.05 bits per heavy atom. The SMILES string of the molecule is O=S(=O)(Nc1ccc(F)cc1Br)c1ccc(CO)o1. The second-order valence-electron chi connectivity index (χ2n) is 3.61. The molecule has 0 aliphatic carbocycles. The van der Waals surface area contributed by atoms with Gasteiger partial charge in [0.1, 0.15) is 18.2 Å². The van der Waals surface area contributed by atoms with Crippen LogP contribution < -0.4 is 4.72 Å². The smallest absolute Gasteiger partial charge is 0.295 e. The van der Waals surface area contributed by atoms with Crippen LogP contribution in [-0.4, -0.2) is 13.5 Å². The van der Waals surface area contributed by atoms with Crippen LogP contribution in [0.1, 0.15) is 5.76 Å². The van der Waals surface area contributed by atoms with Gasteiger partial charge in [-0.3, -0.25) is 4.72 Å². The summed E-state index contributed by atoms with van der Waals surface area (Å²) in [7, 11) is -3.92. The van der Waals surface area contributed by atoms with E-state index in [1.54, 1.807) is 0 Å². The fourth-order valence-corrected chi connectivity index (χ4v) is 2.97. The molecule has 0 bridgehead atoms. The van der Waals surface area contributed by atoms with Crippen molar-refractivity contribution in [1.29, 1.82) is 0 Å². The van der Waals surface area contributed by atoms with Gasteiger partial charge in [0.25, 0.3) is 10.0 Å². The predicted octanol–water partition coefficient (Wildman–Crippen LogP) is 2.47. The van der Waals surface area contributed by atoms with Crippen molar-refractivity contribution in [2.24, 2.45) is 0 Å². The minimum absolute atomic E-state index is 0.138. The van der Waals surface area contributed by atoms with Crippen LogP contribution in [0.2, 0.25) is 0 Å². The van der Waals surface area contributed by atoms with Crippen LogP contribution in [0.4, 0.5) is 10.1 Å². The molecule has 0 atom stereocenters. The van der Waals surface area contributed by atoms with E-state index in [0.29, 0.717) is 0 Å². The summed E-state index contributed by atoms with van der Waals surface area (Å²) < 4.78 is 44.3. The molecule has 1 aromatic carbocycles. The summed E-state index contributed by atoms with van der Waals surface area (Å²) >= 11 is 3.05. The molecule has 1 aromatic heterocycles. The van der Waals surface area contributed by atoms with Crippen LogP contribution in [0.25, 0.3) is 0 Å². The van der Waals surface area contributed by atoms with Crippen LogP contribution in [0.3, 0.4) is 0 Å². The van der Waals surface area contributed by atoms with Crippen molar-refractivity contribution in [2.75, 3.05) is 4.72 Å². The number of hydrogen-bond donors (Lipinski definition) is 2. The monoisotopic (exact) mass is 349 g/mol. The van der Waals surface area contributed by atoms with Crippen molar-refractivity contribution in [1.82, 2.24) is 0 Å². The Labute approximate surface area is 117 Å². The number of halogens is 2. The normalized spacial score (nSPS) is 11.5. The molecule has 0 fully saturated rings. The molecule has 5 nitrogen and oxygen atoms in total. The molecule has 0 saturated heterocycles. The highest BCUT2D eigenvalue weighted by Crippen LogP contribution is 2.26. The van der Waals surface area contributed by atoms with Gasteiger partial charge in [-0.1, -0.05) is 0 Å². The highest BCUT2D eigenvalue weighted by molar-refractivity contribution is 9.10. The molecule has 0 unspecified atom stereocenters. The lowest BCUT2D eigenvalue weighted by Gasteiger charge is -2.07. The summed E-state index contributed by atoms with van der Waals surface area (Å²) in [6, 6.07) is 6.13. The summed E-state index contributed by atoms with van der Waals surface area (Å²) in [5.74, 6) is -0.353. The Kier molecular flexibility index (Phi) is 3.93. The van der Waals surface area contributed by atoms with Gasteiger partial charge in [0.05, 0.1) is 5.69 Å². The maximum atomic E-state index is 12.9. The third kappa shape index (κ3) is 3.14. The van der Waals surface area contributed by atoms with E-state index in [1.165, 1.54) is 18.2 Å². The van der Waals surface area contributed by atoms with E-state index in [1.807, 2.05) is 0 Å². The molecule has 0 amide bonds. The van der Waals surface area contributed by atoms with Crippen molar-refractivity contribution in [3.8, 4) is 0 Å². The maximum absolute atomic E-state index is 12.9. The molecule has 1 heterocycles. The lowest BCUT2D eigenvalue weighted by Crippen LogP contribution is -2.12. The van der Waals surface area contributed by atoms with Crippen molar-refractivity contribution in [2.45, 2.75) is 11.7 Å². The first kappa shape index (κ1) is 14.0. The van der Waals surface area contributed by atoms with Gasteiger partial charge in [-0.05, 0) is 46.3 Å². The molecule has 0 spiro atoms. The summed E-state index contributed by atoms with van der Waals surface area (Å²) in [6.45, 7) is -0.393. The summed E-state index contributed by atoms with van der Waals surface area (Å²) in [5.41, 5.74) is 0.184. The molecule has 0 saturated carbocycles. The van der Waals surface area contributed by atoms with Gasteiger partial charge in [0.15, 0.2) is 0 Å². The van der Waals surface area contributed by atoms with Gasteiger partial charge in [-0.15, -0.1) is 0 Å². The lowest BCUT2D eigenvalue weighted by molar-refractivity contribution is 0.236. The standard InChI is InChI=1S/C11H9BrFNO4S/c12-9-5-7(13)1-3-10(9)14-19(16,17)11-4-2-8(6-15)18-11/h1-5,14-15H,6H2. The van der Waals surface area contributed by atoms with Crippen LogP contribution in [0.5, 0.6) is 0 Å². The van der Waals surface area contributed by atoms with Gasteiger partial charge in [-0.2, -0.15) is 8.42 Å². The molecule has 0 aliphatic rings. The third-order valence-electron chi connectivity index (χ3n) is 2.23. The van der Waals surface area contributed by atoms with Gasteiger partial charge in [0, 0.05) is 4.47 Å². The van der Waals surface area contributed by atoms with Gasteiger partial charge < -0.3 is 9.52 Å². The second kappa shape index (κ2) is 5.32. The van der Waals surface area contributed by atoms with Gasteiger partial charge in [0.2, 0.25) is 5.09 Å². The Balaban J connectivity index is 2.30. The third-order valence-corrected chi connectivity index (χ3v) is 4.13. The highest BCUT2D eigenvalue weighted by Gasteiger charge is 2.20. The van der Waals surface area contributed by atoms with Crippen molar-refractivity contribution in [3.63, 3.8) is 0 Å². The summed E-state index contributed by atoms with van der Waals surface area (Å²) in [6.07, 6.45) is 0. The molecule has 2 aromatic rings. The van der Waals surface area contributed by atoms with E-state index in [4.69, 9.17) is 9.52 Å². The Morgan fingerprint density at radius 3 is 2.63 bits per heavy atom. The van der Waals surface area contributed by atoms with Crippen molar-refractivity contribution in [3.05, 3.63) is 46.4 Å². The van der Waals surface area contributed by atoms with E-state index in [2.05, 4.69) is 20.7 Å². The topological polar surface area (TPSA) is 79.5 Å². The number of furan rings is 1. The number of anilines is 1. The Bertz CT molecular complexity index is 698. The molecule has 19 heavy (non-hydrogen) atoms. The molecular weight excluding hydrogens is 341 g/mol. The Morgan fingerprint density at radius 1 is 1.32 bits per heavy atom. The Hall–Kier alpha value is -1.38. The number of hydrogen-bond acceptors (Lipinski definition) is 4. The van der Waals surface area contributed by atoms with E-state index in [0.717, 1.165) is 12.1 Å². The second-order valence-corrected chi connectivity index (χ2v) is 6.08. The molecule has 102 valence electrons. The first-order valence-corrected chi connectivity index (χ1v) is 7.37. The van der Waals surface area contributed by atoms with Crippen LogP contribution >= 0.6 is 15.9 Å². The average molecular weight is 350 g/mol. The van der Waals surface area contributed by atoms with E-state index >= 15 is 0 Å². The van der Waals surface area contributed by atoms with E-state index in [-0.39, 0.29) is 21.0 Å². The molecule has 2 rings (SSSR count). The fourth-order valence-electron chi connectivity index (χ4n) is 1.35. The van der Waals surface area contributed by atoms with Gasteiger partial charge >= 0.3 is 0 Å². The predicted molar refractivity (Wildman–Crippen MR) is 69.5 cm³/mol. The number of sulfonamides is 1. The summed E-state index contributed by atoms with van der Waals surface area (Å²) in [4.78, 5) is 0. The average Bonchev–Trinajstić information content (AvgIpc) is 2.82. The largest absolute Gasteiger partial charge is 0.445 e. The van der Waals surface area contributed by atoms with E-state index < -0.39 is 22.4 Å². The zero-order valence-corrected chi connectivity index (χ0v) is 11.8. The highest BCUT2D eigenvalue weighted by atomic mass is 79.9. The summed E-state index contributed by atoms with van der Waals surface area (Å²) in [5, 5.41) is 8.50. The first-order valence-electron chi connectivity index (χ1n) is 5.10. The van der Waals surface area contributed by atoms with Crippen molar-refractivity contribution < 1.29 is 22.3 Å². The zero-order valence-electron chi connectivity index (χ0n) is 9.43. The van der Waals surface area contributed by atoms with Crippen LogP contribution in [0.15, 0.2) is 44.3 Å². The van der Waals surface area contributed by atoms with Crippen LogP contribution in [-0.2, 0) is 16.6 Å². The number of aliphatic hydroxyl groups excluding tert-OH is 1. The van der Waals surface area contributed by atoms with Gasteiger partial charge in [-0.25, -0.2) is 4.39 Å². The fraction of sp³-hybridized carbons (Fsp3) is 0.0909. The lowest BCUT2D eigenvalue weighted by atomic mass is 10.3. The van der Waals surface area contributed by atoms with E-state index in [9.17, 15) is 12.8 Å². The molecule has 0 aliphatic heterocycles. The number of nitrogens with one attached hydrogen (secondary N) is 1. The maximum Gasteiger partial charge on any atom is 0.295 e. The molecular formula is C11H9BrFNO4S. The molecule has 0 radical (unpaired) electrons. The number of aliphatic hydroxyl groups is 1. The first-order chi connectivity index (χ1) is 8.92. The quantitative estimate of drug-likeness (QED) is 0.888.